The number of fused-ring (bicyclic) bond motifs is 1. The summed E-state index contributed by atoms with van der Waals surface area (Å²) in [7, 11) is 3.36. The molecule has 2 aromatic heterocycles. The zero-order chi connectivity index (χ0) is 18.3. The number of carbonyl (C=O) groups excluding carboxylic acids is 1. The molecule has 0 aromatic carbocycles. The molecule has 3 heterocycles. The number of rotatable bonds is 6. The fourth-order valence-corrected chi connectivity index (χ4v) is 3.12. The molecule has 0 spiro atoms. The summed E-state index contributed by atoms with van der Waals surface area (Å²) in [4.78, 5) is 20.0. The number of aliphatic hydroxyl groups excluding tert-OH is 1. The van der Waals surface area contributed by atoms with E-state index in [0.29, 0.717) is 24.7 Å². The van der Waals surface area contributed by atoms with Crippen molar-refractivity contribution in [2.75, 3.05) is 20.6 Å². The van der Waals surface area contributed by atoms with Gasteiger partial charge in [-0.2, -0.15) is 10.1 Å². The van der Waals surface area contributed by atoms with Gasteiger partial charge in [-0.1, -0.05) is 5.16 Å². The molecular formula is C17H24N6O3. The first-order chi connectivity index (χ1) is 12.5. The molecule has 2 aromatic rings. The molecule has 26 heavy (non-hydrogen) atoms. The largest absolute Gasteiger partial charge is 0.386 e. The summed E-state index contributed by atoms with van der Waals surface area (Å²) in [6.45, 7) is 2.90. The second-order valence-electron chi connectivity index (χ2n) is 7.33. The minimum absolute atomic E-state index is 0.0416. The molecule has 0 saturated heterocycles. The van der Waals surface area contributed by atoms with Crippen molar-refractivity contribution in [3.63, 3.8) is 0 Å². The Hall–Kier alpha value is -2.26. The van der Waals surface area contributed by atoms with E-state index in [4.69, 9.17) is 4.52 Å². The first-order valence-electron chi connectivity index (χ1n) is 8.99. The van der Waals surface area contributed by atoms with Crippen molar-refractivity contribution in [3.8, 4) is 0 Å². The van der Waals surface area contributed by atoms with Crippen molar-refractivity contribution in [2.45, 2.75) is 50.9 Å². The third-order valence-electron chi connectivity index (χ3n) is 4.88. The van der Waals surface area contributed by atoms with Crippen LogP contribution < -0.4 is 0 Å². The molecule has 1 atom stereocenters. The lowest BCUT2D eigenvalue weighted by molar-refractivity contribution is -0.130. The lowest BCUT2D eigenvalue weighted by atomic mass is 10.1. The molecule has 4 rings (SSSR count). The number of amides is 1. The van der Waals surface area contributed by atoms with E-state index in [1.54, 1.807) is 14.1 Å². The second-order valence-corrected chi connectivity index (χ2v) is 7.33. The normalized spacial score (nSPS) is 18.6. The van der Waals surface area contributed by atoms with Gasteiger partial charge in [0.15, 0.2) is 5.82 Å². The lowest BCUT2D eigenvalue weighted by Gasteiger charge is -2.26. The monoisotopic (exact) mass is 360 g/mol. The SMILES string of the molecule is CN(C)C(=O)CC(O)c1cc2n(n1)CCN(Cc1noc(C3CC3)n1)C2. The molecule has 1 unspecified atom stereocenters. The van der Waals surface area contributed by atoms with Crippen LogP contribution in [0.15, 0.2) is 10.6 Å². The van der Waals surface area contributed by atoms with Crippen molar-refractivity contribution in [1.29, 1.82) is 0 Å². The third kappa shape index (κ3) is 3.63. The van der Waals surface area contributed by atoms with Crippen molar-refractivity contribution in [1.82, 2.24) is 29.7 Å². The van der Waals surface area contributed by atoms with Crippen LogP contribution in [0, 0.1) is 0 Å². The van der Waals surface area contributed by atoms with Crippen LogP contribution in [0.5, 0.6) is 0 Å². The van der Waals surface area contributed by atoms with Gasteiger partial charge in [-0.25, -0.2) is 0 Å². The Morgan fingerprint density at radius 1 is 1.42 bits per heavy atom. The molecule has 1 amide bonds. The van der Waals surface area contributed by atoms with Crippen LogP contribution >= 0.6 is 0 Å². The highest BCUT2D eigenvalue weighted by molar-refractivity contribution is 5.76. The Bertz CT molecular complexity index is 794. The Morgan fingerprint density at radius 3 is 2.96 bits per heavy atom. The van der Waals surface area contributed by atoms with E-state index >= 15 is 0 Å². The van der Waals surface area contributed by atoms with Gasteiger partial charge in [-0.15, -0.1) is 0 Å². The zero-order valence-electron chi connectivity index (χ0n) is 15.1. The molecule has 0 bridgehead atoms. The fraction of sp³-hybridized carbons (Fsp3) is 0.647. The average Bonchev–Trinajstić information content (AvgIpc) is 3.20. The quantitative estimate of drug-likeness (QED) is 0.808. The Balaban J connectivity index is 1.38. The number of carbonyl (C=O) groups is 1. The molecule has 1 aliphatic heterocycles. The van der Waals surface area contributed by atoms with Crippen LogP contribution in [0.25, 0.3) is 0 Å². The van der Waals surface area contributed by atoms with Crippen molar-refractivity contribution >= 4 is 5.91 Å². The number of nitrogens with zero attached hydrogens (tertiary/aromatic N) is 6. The minimum Gasteiger partial charge on any atom is -0.386 e. The molecule has 9 nitrogen and oxygen atoms in total. The van der Waals surface area contributed by atoms with E-state index < -0.39 is 6.10 Å². The highest BCUT2D eigenvalue weighted by atomic mass is 16.5. The van der Waals surface area contributed by atoms with Crippen LogP contribution in [0.3, 0.4) is 0 Å². The van der Waals surface area contributed by atoms with Crippen LogP contribution in [0.1, 0.15) is 54.4 Å². The first kappa shape index (κ1) is 17.2. The summed E-state index contributed by atoms with van der Waals surface area (Å²) < 4.78 is 7.22. The van der Waals surface area contributed by atoms with Gasteiger partial charge in [-0.05, 0) is 18.9 Å². The van der Waals surface area contributed by atoms with Gasteiger partial charge >= 0.3 is 0 Å². The van der Waals surface area contributed by atoms with Crippen molar-refractivity contribution in [3.05, 3.63) is 29.2 Å². The second kappa shape index (κ2) is 6.81. The summed E-state index contributed by atoms with van der Waals surface area (Å²) in [5.74, 6) is 1.83. The van der Waals surface area contributed by atoms with E-state index in [2.05, 4.69) is 20.1 Å². The van der Waals surface area contributed by atoms with Gasteiger partial charge in [-0.3, -0.25) is 14.4 Å². The minimum atomic E-state index is -0.880. The van der Waals surface area contributed by atoms with E-state index in [1.807, 2.05) is 10.7 Å². The Labute approximate surface area is 151 Å². The highest BCUT2D eigenvalue weighted by Crippen LogP contribution is 2.38. The molecule has 0 radical (unpaired) electrons. The maximum absolute atomic E-state index is 11.8. The van der Waals surface area contributed by atoms with Gasteiger partial charge in [0.2, 0.25) is 11.8 Å². The van der Waals surface area contributed by atoms with Gasteiger partial charge in [0.05, 0.1) is 30.9 Å². The predicted molar refractivity (Wildman–Crippen MR) is 90.9 cm³/mol. The molecule has 140 valence electrons. The Morgan fingerprint density at radius 2 is 2.23 bits per heavy atom. The summed E-state index contributed by atoms with van der Waals surface area (Å²) in [6, 6.07) is 1.88. The number of aliphatic hydroxyl groups is 1. The maximum Gasteiger partial charge on any atom is 0.229 e. The standard InChI is InChI=1S/C17H24N6O3/c1-21(2)16(25)8-14(24)13-7-12-9-22(5-6-23(12)19-13)10-15-18-17(26-20-15)11-3-4-11/h7,11,14,24H,3-6,8-10H2,1-2H3. The molecular weight excluding hydrogens is 336 g/mol. The number of aromatic nitrogens is 4. The molecule has 2 aliphatic rings. The lowest BCUT2D eigenvalue weighted by Crippen LogP contribution is -2.33. The molecule has 1 fully saturated rings. The topological polar surface area (TPSA) is 101 Å². The maximum atomic E-state index is 11.8. The van der Waals surface area contributed by atoms with Gasteiger partial charge in [0.1, 0.15) is 6.10 Å². The van der Waals surface area contributed by atoms with E-state index in [-0.39, 0.29) is 12.3 Å². The van der Waals surface area contributed by atoms with E-state index in [9.17, 15) is 9.90 Å². The molecule has 1 N–H and O–H groups in total. The average molecular weight is 360 g/mol. The number of hydrogen-bond donors (Lipinski definition) is 1. The van der Waals surface area contributed by atoms with Gasteiger partial charge in [0, 0.05) is 33.1 Å². The third-order valence-corrected chi connectivity index (χ3v) is 4.88. The van der Waals surface area contributed by atoms with Crippen molar-refractivity contribution < 1.29 is 14.4 Å². The van der Waals surface area contributed by atoms with Gasteiger partial charge < -0.3 is 14.5 Å². The van der Waals surface area contributed by atoms with Crippen LogP contribution in [-0.2, 0) is 24.4 Å². The molecule has 1 saturated carbocycles. The van der Waals surface area contributed by atoms with Gasteiger partial charge in [0.25, 0.3) is 0 Å². The first-order valence-corrected chi connectivity index (χ1v) is 8.99. The van der Waals surface area contributed by atoms with E-state index in [0.717, 1.165) is 43.3 Å². The zero-order valence-corrected chi connectivity index (χ0v) is 15.1. The summed E-state index contributed by atoms with van der Waals surface area (Å²) in [6.07, 6.45) is 1.45. The van der Waals surface area contributed by atoms with Crippen molar-refractivity contribution in [2.24, 2.45) is 0 Å². The van der Waals surface area contributed by atoms with E-state index in [1.165, 1.54) is 4.90 Å². The fourth-order valence-electron chi connectivity index (χ4n) is 3.12. The molecule has 1 aliphatic carbocycles. The van der Waals surface area contributed by atoms with Crippen LogP contribution in [0.2, 0.25) is 0 Å². The van der Waals surface area contributed by atoms with Crippen LogP contribution in [0.4, 0.5) is 0 Å². The number of hydrogen-bond acceptors (Lipinski definition) is 7. The predicted octanol–water partition coefficient (Wildman–Crippen LogP) is 0.671. The smallest absolute Gasteiger partial charge is 0.229 e. The summed E-state index contributed by atoms with van der Waals surface area (Å²) in [5, 5.41) is 18.8. The summed E-state index contributed by atoms with van der Waals surface area (Å²) in [5.41, 5.74) is 1.57. The highest BCUT2D eigenvalue weighted by Gasteiger charge is 2.30. The Kier molecular flexibility index (Phi) is 4.49. The summed E-state index contributed by atoms with van der Waals surface area (Å²) >= 11 is 0. The molecule has 9 heteroatoms. The van der Waals surface area contributed by atoms with Crippen LogP contribution in [-0.4, -0.2) is 61.4 Å².